The lowest BCUT2D eigenvalue weighted by Crippen LogP contribution is -2.40. The minimum absolute atomic E-state index is 0.0287. The van der Waals surface area contributed by atoms with Crippen molar-refractivity contribution in [2.24, 2.45) is 0 Å². The summed E-state index contributed by atoms with van der Waals surface area (Å²) in [5, 5.41) is 2.88. The quantitative estimate of drug-likeness (QED) is 0.770. The van der Waals surface area contributed by atoms with Crippen LogP contribution < -0.4 is 5.32 Å². The van der Waals surface area contributed by atoms with Gasteiger partial charge in [-0.3, -0.25) is 14.6 Å². The van der Waals surface area contributed by atoms with E-state index in [9.17, 15) is 9.59 Å². The van der Waals surface area contributed by atoms with Gasteiger partial charge in [0.05, 0.1) is 17.9 Å². The van der Waals surface area contributed by atoms with Gasteiger partial charge < -0.3 is 19.4 Å². The van der Waals surface area contributed by atoms with Crippen LogP contribution in [0.25, 0.3) is 0 Å². The smallest absolute Gasteiger partial charge is 0.257 e. The topological polar surface area (TPSA) is 84.7 Å². The van der Waals surface area contributed by atoms with E-state index in [2.05, 4.69) is 10.3 Å². The maximum absolute atomic E-state index is 12.9. The number of nitrogens with one attached hydrogen (secondary N) is 1. The summed E-state index contributed by atoms with van der Waals surface area (Å²) in [6.07, 6.45) is 7.09. The third kappa shape index (κ3) is 5.40. The number of ether oxygens (including phenoxy) is 1. The standard InChI is InChI=1S/C20H25N3O4/c1-15-18(7-12-26-15)20(25)23(14-17-3-2-11-27-17)10-6-19(24)22-13-16-4-8-21-9-5-16/h4-5,7-9,12,17H,2-3,6,10-11,13-14H2,1H3,(H,22,24). The lowest BCUT2D eigenvalue weighted by atomic mass is 10.1. The van der Waals surface area contributed by atoms with Crippen molar-refractivity contribution in [2.75, 3.05) is 19.7 Å². The molecule has 0 spiro atoms. The fraction of sp³-hybridized carbons (Fsp3) is 0.450. The van der Waals surface area contributed by atoms with E-state index in [1.54, 1.807) is 30.3 Å². The zero-order valence-corrected chi connectivity index (χ0v) is 15.5. The van der Waals surface area contributed by atoms with Crippen molar-refractivity contribution >= 4 is 11.8 Å². The lowest BCUT2D eigenvalue weighted by Gasteiger charge is -2.25. The first-order valence-electron chi connectivity index (χ1n) is 9.24. The number of hydrogen-bond acceptors (Lipinski definition) is 5. The largest absolute Gasteiger partial charge is 0.469 e. The number of nitrogens with zero attached hydrogens (tertiary/aromatic N) is 2. The van der Waals surface area contributed by atoms with E-state index >= 15 is 0 Å². The van der Waals surface area contributed by atoms with Crippen LogP contribution in [-0.4, -0.2) is 47.5 Å². The summed E-state index contributed by atoms with van der Waals surface area (Å²) in [5.74, 6) is 0.360. The number of carbonyl (C=O) groups excluding carboxylic acids is 2. The molecule has 7 nitrogen and oxygen atoms in total. The predicted octanol–water partition coefficient (Wildman–Crippen LogP) is 2.31. The first-order chi connectivity index (χ1) is 13.1. The molecule has 1 aliphatic rings. The first kappa shape index (κ1) is 19.1. The van der Waals surface area contributed by atoms with Crippen molar-refractivity contribution in [3.05, 3.63) is 53.7 Å². The molecule has 1 saturated heterocycles. The van der Waals surface area contributed by atoms with Crippen molar-refractivity contribution in [1.82, 2.24) is 15.2 Å². The van der Waals surface area contributed by atoms with Gasteiger partial charge in [-0.05, 0) is 43.5 Å². The number of rotatable bonds is 8. The molecule has 27 heavy (non-hydrogen) atoms. The minimum atomic E-state index is -0.126. The van der Waals surface area contributed by atoms with Crippen LogP contribution in [0.1, 0.15) is 40.9 Å². The number of hydrogen-bond donors (Lipinski definition) is 1. The predicted molar refractivity (Wildman–Crippen MR) is 99.0 cm³/mol. The summed E-state index contributed by atoms with van der Waals surface area (Å²) in [4.78, 5) is 30.7. The maximum Gasteiger partial charge on any atom is 0.257 e. The zero-order chi connectivity index (χ0) is 19.1. The third-order valence-corrected chi connectivity index (χ3v) is 4.67. The summed E-state index contributed by atoms with van der Waals surface area (Å²) in [5.41, 5.74) is 1.52. The van der Waals surface area contributed by atoms with Gasteiger partial charge in [-0.15, -0.1) is 0 Å². The molecule has 2 amide bonds. The fourth-order valence-electron chi connectivity index (χ4n) is 3.11. The molecule has 3 rings (SSSR count). The van der Waals surface area contributed by atoms with Crippen molar-refractivity contribution in [3.63, 3.8) is 0 Å². The van der Waals surface area contributed by atoms with Gasteiger partial charge in [-0.2, -0.15) is 0 Å². The molecule has 0 aliphatic carbocycles. The van der Waals surface area contributed by atoms with Crippen LogP contribution in [0.4, 0.5) is 0 Å². The van der Waals surface area contributed by atoms with Crippen LogP contribution in [0.5, 0.6) is 0 Å². The molecule has 0 saturated carbocycles. The molecule has 0 aromatic carbocycles. The Morgan fingerprint density at radius 1 is 1.30 bits per heavy atom. The van der Waals surface area contributed by atoms with E-state index < -0.39 is 0 Å². The Hall–Kier alpha value is -2.67. The number of amides is 2. The molecule has 2 aromatic heterocycles. The van der Waals surface area contributed by atoms with E-state index in [4.69, 9.17) is 9.15 Å². The molecule has 1 fully saturated rings. The maximum atomic E-state index is 12.9. The Morgan fingerprint density at radius 2 is 2.11 bits per heavy atom. The molecule has 1 N–H and O–H groups in total. The molecule has 3 heterocycles. The average Bonchev–Trinajstić information content (AvgIpc) is 3.35. The lowest BCUT2D eigenvalue weighted by molar-refractivity contribution is -0.121. The van der Waals surface area contributed by atoms with E-state index in [1.807, 2.05) is 12.1 Å². The van der Waals surface area contributed by atoms with E-state index in [-0.39, 0.29) is 24.3 Å². The molecule has 7 heteroatoms. The molecule has 1 atom stereocenters. The Bertz CT molecular complexity index is 754. The summed E-state index contributed by atoms with van der Waals surface area (Å²) in [7, 11) is 0. The summed E-state index contributed by atoms with van der Waals surface area (Å²) >= 11 is 0. The second-order valence-electron chi connectivity index (χ2n) is 6.66. The molecule has 1 aliphatic heterocycles. The van der Waals surface area contributed by atoms with Gasteiger partial charge in [0.25, 0.3) is 5.91 Å². The van der Waals surface area contributed by atoms with E-state index in [1.165, 1.54) is 6.26 Å². The monoisotopic (exact) mass is 371 g/mol. The van der Waals surface area contributed by atoms with E-state index in [0.29, 0.717) is 31.0 Å². The molecule has 0 bridgehead atoms. The van der Waals surface area contributed by atoms with Crippen LogP contribution in [-0.2, 0) is 16.1 Å². The highest BCUT2D eigenvalue weighted by molar-refractivity contribution is 5.95. The van der Waals surface area contributed by atoms with Gasteiger partial charge in [-0.1, -0.05) is 0 Å². The van der Waals surface area contributed by atoms with Gasteiger partial charge in [0.2, 0.25) is 5.91 Å². The van der Waals surface area contributed by atoms with Crippen molar-refractivity contribution in [2.45, 2.75) is 38.8 Å². The van der Waals surface area contributed by atoms with Gasteiger partial charge in [0.1, 0.15) is 5.76 Å². The van der Waals surface area contributed by atoms with Crippen LogP contribution in [0.2, 0.25) is 0 Å². The second-order valence-corrected chi connectivity index (χ2v) is 6.66. The average molecular weight is 371 g/mol. The molecule has 144 valence electrons. The normalized spacial score (nSPS) is 16.3. The highest BCUT2D eigenvalue weighted by atomic mass is 16.5. The Labute approximate surface area is 158 Å². The number of pyridine rings is 1. The molecule has 1 unspecified atom stereocenters. The Kier molecular flexibility index (Phi) is 6.59. The summed E-state index contributed by atoms with van der Waals surface area (Å²) in [6.45, 7) is 3.76. The van der Waals surface area contributed by atoms with Gasteiger partial charge in [-0.25, -0.2) is 0 Å². The number of carbonyl (C=O) groups is 2. The molecule has 2 aromatic rings. The summed E-state index contributed by atoms with van der Waals surface area (Å²) in [6, 6.07) is 5.38. The van der Waals surface area contributed by atoms with Gasteiger partial charge in [0.15, 0.2) is 0 Å². The van der Waals surface area contributed by atoms with Crippen molar-refractivity contribution < 1.29 is 18.7 Å². The van der Waals surface area contributed by atoms with Crippen LogP contribution in [0, 0.1) is 6.92 Å². The molecular weight excluding hydrogens is 346 g/mol. The first-order valence-corrected chi connectivity index (χ1v) is 9.24. The van der Waals surface area contributed by atoms with Gasteiger partial charge in [0, 0.05) is 45.1 Å². The van der Waals surface area contributed by atoms with Crippen molar-refractivity contribution in [1.29, 1.82) is 0 Å². The second kappa shape index (κ2) is 9.32. The van der Waals surface area contributed by atoms with Gasteiger partial charge >= 0.3 is 0 Å². The Balaban J connectivity index is 1.56. The third-order valence-electron chi connectivity index (χ3n) is 4.67. The highest BCUT2D eigenvalue weighted by Crippen LogP contribution is 2.17. The van der Waals surface area contributed by atoms with Crippen LogP contribution in [0.3, 0.4) is 0 Å². The summed E-state index contributed by atoms with van der Waals surface area (Å²) < 4.78 is 10.9. The molecular formula is C20H25N3O4. The SMILES string of the molecule is Cc1occc1C(=O)N(CCC(=O)NCc1ccncc1)CC1CCCO1. The number of aromatic nitrogens is 1. The Morgan fingerprint density at radius 3 is 2.78 bits per heavy atom. The highest BCUT2D eigenvalue weighted by Gasteiger charge is 2.25. The van der Waals surface area contributed by atoms with Crippen LogP contribution >= 0.6 is 0 Å². The number of furan rings is 1. The van der Waals surface area contributed by atoms with Crippen molar-refractivity contribution in [3.8, 4) is 0 Å². The number of aryl methyl sites for hydroxylation is 1. The fourth-order valence-corrected chi connectivity index (χ4v) is 3.11. The van der Waals surface area contributed by atoms with E-state index in [0.717, 1.165) is 25.0 Å². The zero-order valence-electron chi connectivity index (χ0n) is 15.5. The minimum Gasteiger partial charge on any atom is -0.469 e. The molecule has 0 radical (unpaired) electrons. The van der Waals surface area contributed by atoms with Crippen LogP contribution in [0.15, 0.2) is 41.3 Å².